The number of nitrogen functional groups attached to an aromatic ring is 1. The summed E-state index contributed by atoms with van der Waals surface area (Å²) in [6.07, 6.45) is 3.43. The molecule has 0 amide bonds. The molecule has 19 heavy (non-hydrogen) atoms. The van der Waals surface area contributed by atoms with Crippen molar-refractivity contribution < 1.29 is 0 Å². The van der Waals surface area contributed by atoms with Gasteiger partial charge in [0, 0.05) is 29.2 Å². The van der Waals surface area contributed by atoms with Gasteiger partial charge in [-0.15, -0.1) is 0 Å². The van der Waals surface area contributed by atoms with Gasteiger partial charge in [-0.1, -0.05) is 0 Å². The summed E-state index contributed by atoms with van der Waals surface area (Å²) in [6, 6.07) is 11.4. The molecule has 3 N–H and O–H groups in total. The summed E-state index contributed by atoms with van der Waals surface area (Å²) in [5.74, 6) is 0. The van der Waals surface area contributed by atoms with Crippen molar-refractivity contribution in [2.45, 2.75) is 6.54 Å². The Bertz CT molecular complexity index is 697. The molecule has 2 heterocycles. The minimum absolute atomic E-state index is 0.622. The van der Waals surface area contributed by atoms with E-state index in [1.807, 2.05) is 36.4 Å². The van der Waals surface area contributed by atoms with E-state index in [9.17, 15) is 0 Å². The summed E-state index contributed by atoms with van der Waals surface area (Å²) in [5, 5.41) is 12.3. The molecule has 0 saturated carbocycles. The van der Waals surface area contributed by atoms with Crippen LogP contribution in [0.4, 0.5) is 11.4 Å². The van der Waals surface area contributed by atoms with Crippen LogP contribution < -0.4 is 11.1 Å². The molecule has 0 radical (unpaired) electrons. The van der Waals surface area contributed by atoms with Gasteiger partial charge in [-0.25, -0.2) is 0 Å². The second kappa shape index (κ2) is 4.89. The highest BCUT2D eigenvalue weighted by atomic mass is 15.1. The first-order valence-corrected chi connectivity index (χ1v) is 5.97. The quantitative estimate of drug-likeness (QED) is 0.698. The molecule has 0 spiro atoms. The maximum Gasteiger partial charge on any atom is 0.0821 e. The van der Waals surface area contributed by atoms with Crippen molar-refractivity contribution >= 4 is 22.3 Å². The number of rotatable bonds is 3. The van der Waals surface area contributed by atoms with Crippen molar-refractivity contribution in [3.8, 4) is 0 Å². The number of hydrogen-bond acceptors (Lipinski definition) is 5. The molecule has 94 valence electrons. The molecule has 0 atom stereocenters. The lowest BCUT2D eigenvalue weighted by atomic mass is 10.1. The molecule has 5 heteroatoms. The largest absolute Gasteiger partial charge is 0.399 e. The van der Waals surface area contributed by atoms with E-state index in [-0.39, 0.29) is 0 Å². The average molecular weight is 251 g/mol. The van der Waals surface area contributed by atoms with Gasteiger partial charge in [0.05, 0.1) is 17.8 Å². The zero-order chi connectivity index (χ0) is 13.1. The van der Waals surface area contributed by atoms with Crippen LogP contribution in [0.15, 0.2) is 48.8 Å². The number of aromatic nitrogens is 3. The van der Waals surface area contributed by atoms with Gasteiger partial charge in [-0.05, 0) is 36.4 Å². The Hall–Kier alpha value is -2.69. The van der Waals surface area contributed by atoms with Crippen molar-refractivity contribution in [1.82, 2.24) is 15.2 Å². The number of benzene rings is 1. The summed E-state index contributed by atoms with van der Waals surface area (Å²) < 4.78 is 0. The first kappa shape index (κ1) is 11.4. The van der Waals surface area contributed by atoms with Gasteiger partial charge in [-0.2, -0.15) is 10.2 Å². The second-order valence-electron chi connectivity index (χ2n) is 4.20. The molecule has 0 bridgehead atoms. The number of nitrogens with one attached hydrogen (secondary N) is 1. The molecule has 0 aliphatic rings. The van der Waals surface area contributed by atoms with E-state index in [2.05, 4.69) is 20.5 Å². The van der Waals surface area contributed by atoms with Gasteiger partial charge in [0.1, 0.15) is 0 Å². The third kappa shape index (κ3) is 2.44. The Morgan fingerprint density at radius 2 is 2.05 bits per heavy atom. The maximum absolute atomic E-state index is 5.76. The summed E-state index contributed by atoms with van der Waals surface area (Å²) in [6.45, 7) is 0.622. The fourth-order valence-electron chi connectivity index (χ4n) is 1.93. The lowest BCUT2D eigenvalue weighted by Crippen LogP contribution is -2.03. The first-order valence-electron chi connectivity index (χ1n) is 5.97. The molecule has 1 aromatic carbocycles. The van der Waals surface area contributed by atoms with Crippen LogP contribution in [0.1, 0.15) is 5.69 Å². The van der Waals surface area contributed by atoms with Crippen molar-refractivity contribution in [3.05, 3.63) is 54.5 Å². The predicted molar refractivity (Wildman–Crippen MR) is 75.5 cm³/mol. The van der Waals surface area contributed by atoms with Crippen molar-refractivity contribution in [2.75, 3.05) is 11.1 Å². The van der Waals surface area contributed by atoms with Gasteiger partial charge in [-0.3, -0.25) is 4.98 Å². The average Bonchev–Trinajstić information content (AvgIpc) is 2.45. The molecule has 3 rings (SSSR count). The topological polar surface area (TPSA) is 76.7 Å². The molecule has 0 aliphatic carbocycles. The highest BCUT2D eigenvalue weighted by Gasteiger charge is 2.02. The van der Waals surface area contributed by atoms with Crippen LogP contribution >= 0.6 is 0 Å². The highest BCUT2D eigenvalue weighted by Crippen LogP contribution is 2.23. The van der Waals surface area contributed by atoms with Gasteiger partial charge in [0.25, 0.3) is 0 Å². The predicted octanol–water partition coefficient (Wildman–Crippen LogP) is 2.22. The summed E-state index contributed by atoms with van der Waals surface area (Å²) in [7, 11) is 0. The Labute approximate surface area is 110 Å². The molecule has 5 nitrogen and oxygen atoms in total. The third-order valence-electron chi connectivity index (χ3n) is 2.85. The Balaban J connectivity index is 1.89. The highest BCUT2D eigenvalue weighted by molar-refractivity contribution is 5.92. The minimum atomic E-state index is 0.622. The van der Waals surface area contributed by atoms with Gasteiger partial charge in [0.2, 0.25) is 0 Å². The smallest absolute Gasteiger partial charge is 0.0821 e. The maximum atomic E-state index is 5.76. The van der Waals surface area contributed by atoms with Crippen LogP contribution in [0.5, 0.6) is 0 Å². The molecule has 2 aromatic heterocycles. The number of pyridine rings is 1. The van der Waals surface area contributed by atoms with E-state index in [1.165, 1.54) is 0 Å². The van der Waals surface area contributed by atoms with E-state index < -0.39 is 0 Å². The first-order chi connectivity index (χ1) is 9.33. The van der Waals surface area contributed by atoms with E-state index in [1.54, 1.807) is 12.4 Å². The molecule has 0 unspecified atom stereocenters. The Kier molecular flexibility index (Phi) is 2.94. The molecule has 0 aliphatic heterocycles. The molecule has 3 aromatic rings. The monoisotopic (exact) mass is 251 g/mol. The normalized spacial score (nSPS) is 10.5. The van der Waals surface area contributed by atoms with Crippen LogP contribution in [0.2, 0.25) is 0 Å². The Morgan fingerprint density at radius 1 is 1.11 bits per heavy atom. The van der Waals surface area contributed by atoms with E-state index >= 15 is 0 Å². The van der Waals surface area contributed by atoms with Crippen LogP contribution in [-0.2, 0) is 6.54 Å². The fraction of sp³-hybridized carbons (Fsp3) is 0.0714. The standard InChI is InChI=1S/C14H13N5/c15-10-3-4-12-13(5-7-16-14(12)8-10)17-9-11-2-1-6-18-19-11/h1-8H,9,15H2,(H,16,17). The molecular weight excluding hydrogens is 238 g/mol. The van der Waals surface area contributed by atoms with Crippen LogP contribution in [-0.4, -0.2) is 15.2 Å². The fourth-order valence-corrected chi connectivity index (χ4v) is 1.93. The van der Waals surface area contributed by atoms with E-state index in [4.69, 9.17) is 5.73 Å². The zero-order valence-electron chi connectivity index (χ0n) is 10.2. The number of nitrogens with two attached hydrogens (primary N) is 1. The number of nitrogens with zero attached hydrogens (tertiary/aromatic N) is 3. The molecule has 0 saturated heterocycles. The summed E-state index contributed by atoms with van der Waals surface area (Å²) in [4.78, 5) is 4.31. The summed E-state index contributed by atoms with van der Waals surface area (Å²) >= 11 is 0. The van der Waals surface area contributed by atoms with Crippen LogP contribution in [0, 0.1) is 0 Å². The van der Waals surface area contributed by atoms with E-state index in [0.717, 1.165) is 22.3 Å². The number of hydrogen-bond donors (Lipinski definition) is 2. The van der Waals surface area contributed by atoms with Crippen molar-refractivity contribution in [1.29, 1.82) is 0 Å². The lowest BCUT2D eigenvalue weighted by Gasteiger charge is -2.09. The van der Waals surface area contributed by atoms with Crippen molar-refractivity contribution in [3.63, 3.8) is 0 Å². The van der Waals surface area contributed by atoms with Gasteiger partial charge in [0.15, 0.2) is 0 Å². The van der Waals surface area contributed by atoms with E-state index in [0.29, 0.717) is 12.2 Å². The van der Waals surface area contributed by atoms with Crippen molar-refractivity contribution in [2.24, 2.45) is 0 Å². The van der Waals surface area contributed by atoms with Gasteiger partial charge < -0.3 is 11.1 Å². The summed E-state index contributed by atoms with van der Waals surface area (Å²) in [5.41, 5.74) is 9.25. The Morgan fingerprint density at radius 3 is 2.89 bits per heavy atom. The van der Waals surface area contributed by atoms with Crippen LogP contribution in [0.25, 0.3) is 10.9 Å². The van der Waals surface area contributed by atoms with Crippen LogP contribution in [0.3, 0.4) is 0 Å². The third-order valence-corrected chi connectivity index (χ3v) is 2.85. The molecule has 0 fully saturated rings. The minimum Gasteiger partial charge on any atom is -0.399 e. The second-order valence-corrected chi connectivity index (χ2v) is 4.20. The van der Waals surface area contributed by atoms with Gasteiger partial charge >= 0.3 is 0 Å². The number of anilines is 2. The number of fused-ring (bicyclic) bond motifs is 1. The molecular formula is C14H13N5. The SMILES string of the molecule is Nc1ccc2c(NCc3cccnn3)ccnc2c1. The lowest BCUT2D eigenvalue weighted by molar-refractivity contribution is 0.925. The zero-order valence-corrected chi connectivity index (χ0v) is 10.2.